The van der Waals surface area contributed by atoms with Crippen molar-refractivity contribution < 1.29 is 14.3 Å². The zero-order valence-electron chi connectivity index (χ0n) is 10.6. The Morgan fingerprint density at radius 1 is 1.33 bits per heavy atom. The lowest BCUT2D eigenvalue weighted by atomic mass is 10.2. The molecule has 0 atom stereocenters. The van der Waals surface area contributed by atoms with Crippen LogP contribution in [0.15, 0.2) is 0 Å². The van der Waals surface area contributed by atoms with Crippen LogP contribution in [-0.4, -0.2) is 32.1 Å². The quantitative estimate of drug-likeness (QED) is 0.780. The minimum atomic E-state index is -0.638. The molecule has 0 aliphatic heterocycles. The van der Waals surface area contributed by atoms with Gasteiger partial charge in [-0.15, -0.1) is 11.3 Å². The molecule has 1 aromatic heterocycles. The lowest BCUT2D eigenvalue weighted by Crippen LogP contribution is -2.24. The van der Waals surface area contributed by atoms with E-state index in [-0.39, 0.29) is 16.1 Å². The highest BCUT2D eigenvalue weighted by Gasteiger charge is 2.26. The summed E-state index contributed by atoms with van der Waals surface area (Å²) in [5.41, 5.74) is 11.4. The molecule has 0 aliphatic carbocycles. The van der Waals surface area contributed by atoms with Crippen LogP contribution >= 0.6 is 11.3 Å². The first kappa shape index (κ1) is 14.3. The van der Waals surface area contributed by atoms with Crippen molar-refractivity contribution in [1.29, 1.82) is 0 Å². The summed E-state index contributed by atoms with van der Waals surface area (Å²) in [4.78, 5) is 25.2. The fourth-order valence-corrected chi connectivity index (χ4v) is 2.92. The van der Waals surface area contributed by atoms with Crippen molar-refractivity contribution in [2.45, 2.75) is 13.8 Å². The average Bonchev–Trinajstić information content (AvgIpc) is 2.68. The highest BCUT2D eigenvalue weighted by molar-refractivity contribution is 7.19. The molecule has 0 saturated heterocycles. The van der Waals surface area contributed by atoms with Gasteiger partial charge in [0, 0.05) is 13.1 Å². The number of nitrogen functional groups attached to an aromatic ring is 1. The molecule has 7 heteroatoms. The SMILES string of the molecule is CCN(CC)c1sc(C(=O)OC)c(N)c1C(N)=O. The van der Waals surface area contributed by atoms with Gasteiger partial charge in [0.05, 0.1) is 18.4 Å². The molecule has 0 aliphatic rings. The van der Waals surface area contributed by atoms with E-state index in [0.717, 1.165) is 11.3 Å². The number of anilines is 2. The molecule has 0 saturated carbocycles. The van der Waals surface area contributed by atoms with E-state index >= 15 is 0 Å². The van der Waals surface area contributed by atoms with Crippen LogP contribution in [0.2, 0.25) is 0 Å². The Bertz CT molecular complexity index is 466. The Hall–Kier alpha value is -1.76. The van der Waals surface area contributed by atoms with Crippen molar-refractivity contribution >= 4 is 33.9 Å². The van der Waals surface area contributed by atoms with Crippen LogP contribution in [-0.2, 0) is 4.74 Å². The van der Waals surface area contributed by atoms with Crippen LogP contribution in [0.25, 0.3) is 0 Å². The number of hydrogen-bond donors (Lipinski definition) is 2. The second-order valence-electron chi connectivity index (χ2n) is 3.55. The van der Waals surface area contributed by atoms with Gasteiger partial charge in [0.1, 0.15) is 9.88 Å². The summed E-state index contributed by atoms with van der Waals surface area (Å²) in [6.45, 7) is 5.28. The molecular formula is C11H17N3O3S. The minimum absolute atomic E-state index is 0.0984. The van der Waals surface area contributed by atoms with Crippen LogP contribution < -0.4 is 16.4 Å². The number of rotatable bonds is 5. The van der Waals surface area contributed by atoms with Crippen LogP contribution in [0.3, 0.4) is 0 Å². The van der Waals surface area contributed by atoms with E-state index in [1.165, 1.54) is 7.11 Å². The summed E-state index contributed by atoms with van der Waals surface area (Å²) in [6, 6.07) is 0. The Balaban J connectivity index is 3.41. The van der Waals surface area contributed by atoms with Gasteiger partial charge in [-0.3, -0.25) is 4.79 Å². The zero-order chi connectivity index (χ0) is 13.9. The molecule has 100 valence electrons. The summed E-state index contributed by atoms with van der Waals surface area (Å²) in [6.07, 6.45) is 0. The predicted octanol–water partition coefficient (Wildman–Crippen LogP) is 1.06. The molecule has 0 radical (unpaired) electrons. The first-order valence-corrected chi connectivity index (χ1v) is 6.34. The molecule has 0 unspecified atom stereocenters. The van der Waals surface area contributed by atoms with E-state index in [9.17, 15) is 9.59 Å². The lowest BCUT2D eigenvalue weighted by molar-refractivity contribution is 0.0607. The van der Waals surface area contributed by atoms with Gasteiger partial charge < -0.3 is 21.1 Å². The molecule has 0 fully saturated rings. The van der Waals surface area contributed by atoms with Crippen molar-refractivity contribution in [2.24, 2.45) is 5.73 Å². The van der Waals surface area contributed by atoms with Crippen molar-refractivity contribution in [2.75, 3.05) is 30.8 Å². The van der Waals surface area contributed by atoms with Gasteiger partial charge in [0.25, 0.3) is 5.91 Å². The first-order valence-electron chi connectivity index (χ1n) is 5.53. The maximum atomic E-state index is 11.6. The van der Waals surface area contributed by atoms with Crippen molar-refractivity contribution in [3.8, 4) is 0 Å². The van der Waals surface area contributed by atoms with Crippen LogP contribution in [0.1, 0.15) is 33.9 Å². The molecular weight excluding hydrogens is 254 g/mol. The average molecular weight is 271 g/mol. The number of primary amides is 1. The van der Waals surface area contributed by atoms with Gasteiger partial charge in [-0.2, -0.15) is 0 Å². The van der Waals surface area contributed by atoms with Crippen LogP contribution in [0.4, 0.5) is 10.7 Å². The van der Waals surface area contributed by atoms with E-state index in [1.807, 2.05) is 18.7 Å². The second-order valence-corrected chi connectivity index (χ2v) is 4.55. The van der Waals surface area contributed by atoms with E-state index in [1.54, 1.807) is 0 Å². The molecule has 4 N–H and O–H groups in total. The number of methoxy groups -OCH3 is 1. The van der Waals surface area contributed by atoms with Crippen LogP contribution in [0, 0.1) is 0 Å². The number of carbonyl (C=O) groups excluding carboxylic acids is 2. The predicted molar refractivity (Wildman–Crippen MR) is 72.1 cm³/mol. The Labute approximate surface area is 110 Å². The number of thiophene rings is 1. The first-order chi connectivity index (χ1) is 8.47. The molecule has 0 spiro atoms. The highest BCUT2D eigenvalue weighted by Crippen LogP contribution is 2.38. The lowest BCUT2D eigenvalue weighted by Gasteiger charge is -2.19. The molecule has 1 amide bonds. The molecule has 1 heterocycles. The van der Waals surface area contributed by atoms with Gasteiger partial charge in [-0.1, -0.05) is 0 Å². The normalized spacial score (nSPS) is 10.2. The standard InChI is InChI=1S/C11H17N3O3S/c1-4-14(5-2)10-6(9(13)15)7(12)8(18-10)11(16)17-3/h4-5,12H2,1-3H3,(H2,13,15). The van der Waals surface area contributed by atoms with Gasteiger partial charge >= 0.3 is 5.97 Å². The number of nitrogens with two attached hydrogens (primary N) is 2. The Morgan fingerprint density at radius 3 is 2.28 bits per heavy atom. The number of esters is 1. The molecule has 0 bridgehead atoms. The number of carbonyl (C=O) groups is 2. The zero-order valence-corrected chi connectivity index (χ0v) is 11.5. The Morgan fingerprint density at radius 2 is 1.89 bits per heavy atom. The maximum absolute atomic E-state index is 11.6. The fourth-order valence-electron chi connectivity index (χ4n) is 1.65. The largest absolute Gasteiger partial charge is 0.465 e. The van der Waals surface area contributed by atoms with E-state index in [2.05, 4.69) is 4.74 Å². The molecule has 6 nitrogen and oxygen atoms in total. The molecule has 1 aromatic rings. The number of nitrogens with zero attached hydrogens (tertiary/aromatic N) is 1. The molecule has 0 aromatic carbocycles. The summed E-state index contributed by atoms with van der Waals surface area (Å²) in [5, 5.41) is 0.616. The minimum Gasteiger partial charge on any atom is -0.465 e. The van der Waals surface area contributed by atoms with E-state index in [0.29, 0.717) is 18.1 Å². The van der Waals surface area contributed by atoms with Crippen molar-refractivity contribution in [3.63, 3.8) is 0 Å². The van der Waals surface area contributed by atoms with E-state index < -0.39 is 11.9 Å². The smallest absolute Gasteiger partial charge is 0.350 e. The monoisotopic (exact) mass is 271 g/mol. The third-order valence-corrected chi connectivity index (χ3v) is 3.84. The van der Waals surface area contributed by atoms with Gasteiger partial charge in [0.2, 0.25) is 0 Å². The topological polar surface area (TPSA) is 98.7 Å². The van der Waals surface area contributed by atoms with Crippen molar-refractivity contribution in [1.82, 2.24) is 0 Å². The highest BCUT2D eigenvalue weighted by atomic mass is 32.1. The molecule has 1 rings (SSSR count). The van der Waals surface area contributed by atoms with Gasteiger partial charge in [-0.05, 0) is 13.8 Å². The number of amides is 1. The van der Waals surface area contributed by atoms with E-state index in [4.69, 9.17) is 11.5 Å². The molecule has 18 heavy (non-hydrogen) atoms. The second kappa shape index (κ2) is 5.72. The summed E-state index contributed by atoms with van der Waals surface area (Å²) in [7, 11) is 1.27. The maximum Gasteiger partial charge on any atom is 0.350 e. The third-order valence-electron chi connectivity index (χ3n) is 2.59. The van der Waals surface area contributed by atoms with Gasteiger partial charge in [0.15, 0.2) is 0 Å². The number of hydrogen-bond acceptors (Lipinski definition) is 6. The van der Waals surface area contributed by atoms with Crippen molar-refractivity contribution in [3.05, 3.63) is 10.4 Å². The Kier molecular flexibility index (Phi) is 4.55. The summed E-state index contributed by atoms with van der Waals surface area (Å²) in [5.74, 6) is -1.20. The van der Waals surface area contributed by atoms with Crippen LogP contribution in [0.5, 0.6) is 0 Å². The number of ether oxygens (including phenoxy) is 1. The summed E-state index contributed by atoms with van der Waals surface area (Å²) >= 11 is 1.13. The summed E-state index contributed by atoms with van der Waals surface area (Å²) < 4.78 is 4.63. The fraction of sp³-hybridized carbons (Fsp3) is 0.455. The van der Waals surface area contributed by atoms with Gasteiger partial charge in [-0.25, -0.2) is 4.79 Å². The third kappa shape index (κ3) is 2.40.